The Labute approximate surface area is 200 Å². The number of rotatable bonds is 7. The van der Waals surface area contributed by atoms with Crippen molar-refractivity contribution >= 4 is 23.1 Å². The number of ketones is 1. The highest BCUT2D eigenvalue weighted by Crippen LogP contribution is 2.40. The molecule has 172 valence electrons. The summed E-state index contributed by atoms with van der Waals surface area (Å²) in [6, 6.07) is 23.7. The van der Waals surface area contributed by atoms with Crippen molar-refractivity contribution < 1.29 is 18.8 Å². The fourth-order valence-electron chi connectivity index (χ4n) is 5.38. The SMILES string of the molecule is C.O=C(C[N+]12CCC(CC1)C(C(=O)OC(c1ccccc1)c1ccccc1)C2)c1cccs1. The third-order valence-electron chi connectivity index (χ3n) is 7.12. The smallest absolute Gasteiger partial charge is 0.315 e. The predicted molar refractivity (Wildman–Crippen MR) is 132 cm³/mol. The van der Waals surface area contributed by atoms with Crippen LogP contribution in [0.25, 0.3) is 0 Å². The molecule has 0 spiro atoms. The van der Waals surface area contributed by atoms with Crippen LogP contribution >= 0.6 is 11.3 Å². The number of nitrogens with zero attached hydrogens (tertiary/aromatic N) is 1. The Kier molecular flexibility index (Phi) is 7.11. The fourth-order valence-corrected chi connectivity index (χ4v) is 6.04. The molecule has 5 heteroatoms. The second-order valence-electron chi connectivity index (χ2n) is 9.11. The molecule has 3 fully saturated rings. The maximum Gasteiger partial charge on any atom is 0.315 e. The van der Waals surface area contributed by atoms with Crippen LogP contribution in [-0.4, -0.2) is 42.4 Å². The molecule has 2 aromatic carbocycles. The molecule has 0 amide bonds. The lowest BCUT2D eigenvalue weighted by molar-refractivity contribution is -0.938. The molecule has 2 bridgehead atoms. The Balaban J connectivity index is 0.00000259. The topological polar surface area (TPSA) is 43.4 Å². The molecule has 3 aliphatic rings. The molecular formula is C28H32NO3S+. The summed E-state index contributed by atoms with van der Waals surface area (Å²) in [5, 5.41) is 1.95. The molecule has 0 saturated carbocycles. The molecule has 3 aromatic rings. The van der Waals surface area contributed by atoms with Gasteiger partial charge in [-0.25, -0.2) is 0 Å². The van der Waals surface area contributed by atoms with E-state index in [1.54, 1.807) is 0 Å². The highest BCUT2D eigenvalue weighted by atomic mass is 32.1. The van der Waals surface area contributed by atoms with Gasteiger partial charge in [0, 0.05) is 12.8 Å². The second-order valence-corrected chi connectivity index (χ2v) is 10.1. The minimum atomic E-state index is -0.415. The molecule has 1 aromatic heterocycles. The number of hydrogen-bond acceptors (Lipinski definition) is 4. The van der Waals surface area contributed by atoms with Crippen molar-refractivity contribution in [1.82, 2.24) is 0 Å². The number of thiophene rings is 1. The summed E-state index contributed by atoms with van der Waals surface area (Å²) in [6.45, 7) is 3.15. The average Bonchev–Trinajstić information content (AvgIpc) is 3.39. The first-order chi connectivity index (χ1) is 15.6. The molecule has 4 nitrogen and oxygen atoms in total. The Morgan fingerprint density at radius 1 is 0.909 bits per heavy atom. The lowest BCUT2D eigenvalue weighted by atomic mass is 9.77. The summed E-state index contributed by atoms with van der Waals surface area (Å²) in [5.74, 6) is 0.271. The zero-order valence-corrected chi connectivity index (χ0v) is 18.9. The number of fused-ring (bicyclic) bond motifs is 3. The quantitative estimate of drug-likeness (QED) is 0.255. The summed E-state index contributed by atoms with van der Waals surface area (Å²) in [5.41, 5.74) is 1.95. The molecule has 1 unspecified atom stereocenters. The molecule has 4 heterocycles. The standard InChI is InChI=1S/C27H28NO3S.CH4/c29-24(25-12-7-17-32-25)19-28-15-13-20(14-16-28)23(18-28)27(30)31-26(21-8-3-1-4-9-21)22-10-5-2-6-11-22;/h1-12,17,20,23,26H,13-16,18-19H2;1H4/q+1;. The van der Waals surface area contributed by atoms with Crippen molar-refractivity contribution in [2.45, 2.75) is 26.4 Å². The Morgan fingerprint density at radius 2 is 1.52 bits per heavy atom. The van der Waals surface area contributed by atoms with Gasteiger partial charge >= 0.3 is 5.97 Å². The van der Waals surface area contributed by atoms with E-state index in [4.69, 9.17) is 4.74 Å². The van der Waals surface area contributed by atoms with Gasteiger partial charge in [0.15, 0.2) is 6.10 Å². The van der Waals surface area contributed by atoms with Gasteiger partial charge in [-0.3, -0.25) is 9.59 Å². The van der Waals surface area contributed by atoms with Gasteiger partial charge in [0.25, 0.3) is 0 Å². The molecule has 1 atom stereocenters. The molecule has 0 aliphatic carbocycles. The molecular weight excluding hydrogens is 430 g/mol. The van der Waals surface area contributed by atoms with Gasteiger partial charge in [-0.2, -0.15) is 0 Å². The third-order valence-corrected chi connectivity index (χ3v) is 8.03. The summed E-state index contributed by atoms with van der Waals surface area (Å²) >= 11 is 1.50. The Hall–Kier alpha value is -2.76. The van der Waals surface area contributed by atoms with E-state index >= 15 is 0 Å². The van der Waals surface area contributed by atoms with Gasteiger partial charge in [0.1, 0.15) is 12.5 Å². The van der Waals surface area contributed by atoms with E-state index in [0.717, 1.165) is 41.9 Å². The van der Waals surface area contributed by atoms with Gasteiger partial charge in [-0.1, -0.05) is 74.2 Å². The number of esters is 1. The number of piperidine rings is 3. The number of benzene rings is 2. The van der Waals surface area contributed by atoms with E-state index in [0.29, 0.717) is 23.5 Å². The second kappa shape index (κ2) is 10.0. The van der Waals surface area contributed by atoms with Crippen molar-refractivity contribution in [3.63, 3.8) is 0 Å². The number of Topliss-reactive ketones (excluding diaryl/α,β-unsaturated/α-hetero) is 1. The summed E-state index contributed by atoms with van der Waals surface area (Å²) in [6.07, 6.45) is 1.55. The molecule has 3 aliphatic heterocycles. The van der Waals surface area contributed by atoms with Crippen LogP contribution in [0, 0.1) is 11.8 Å². The summed E-state index contributed by atoms with van der Waals surface area (Å²) < 4.78 is 6.92. The van der Waals surface area contributed by atoms with Crippen molar-refractivity contribution in [2.75, 3.05) is 26.2 Å². The lowest BCUT2D eigenvalue weighted by Crippen LogP contribution is -2.64. The van der Waals surface area contributed by atoms with Crippen LogP contribution in [0.2, 0.25) is 0 Å². The van der Waals surface area contributed by atoms with E-state index < -0.39 is 6.10 Å². The molecule has 33 heavy (non-hydrogen) atoms. The van der Waals surface area contributed by atoms with Crippen molar-refractivity contribution in [3.8, 4) is 0 Å². The van der Waals surface area contributed by atoms with Crippen LogP contribution in [0.15, 0.2) is 78.2 Å². The van der Waals surface area contributed by atoms with Crippen LogP contribution in [-0.2, 0) is 9.53 Å². The van der Waals surface area contributed by atoms with E-state index in [1.807, 2.05) is 78.2 Å². The number of ether oxygens (including phenoxy) is 1. The summed E-state index contributed by atoms with van der Waals surface area (Å²) in [4.78, 5) is 27.2. The summed E-state index contributed by atoms with van der Waals surface area (Å²) in [7, 11) is 0. The highest BCUT2D eigenvalue weighted by Gasteiger charge is 2.50. The Morgan fingerprint density at radius 3 is 2.06 bits per heavy atom. The first kappa shape index (κ1) is 23.4. The first-order valence-electron chi connectivity index (χ1n) is 11.4. The van der Waals surface area contributed by atoms with Crippen molar-refractivity contribution in [2.24, 2.45) is 11.8 Å². The minimum absolute atomic E-state index is 0. The normalized spacial score (nSPS) is 23.7. The average molecular weight is 463 g/mol. The van der Waals surface area contributed by atoms with Gasteiger partial charge in [-0.15, -0.1) is 11.3 Å². The van der Waals surface area contributed by atoms with Crippen LogP contribution < -0.4 is 0 Å². The molecule has 0 N–H and O–H groups in total. The van der Waals surface area contributed by atoms with E-state index in [1.165, 1.54) is 11.3 Å². The van der Waals surface area contributed by atoms with Crippen LogP contribution in [0.5, 0.6) is 0 Å². The maximum absolute atomic E-state index is 13.5. The van der Waals surface area contributed by atoms with Crippen molar-refractivity contribution in [1.29, 1.82) is 0 Å². The molecule has 0 radical (unpaired) electrons. The van der Waals surface area contributed by atoms with Crippen LogP contribution in [0.4, 0.5) is 0 Å². The van der Waals surface area contributed by atoms with E-state index in [-0.39, 0.29) is 25.1 Å². The molecule has 6 rings (SSSR count). The number of carbonyl (C=O) groups is 2. The van der Waals surface area contributed by atoms with Crippen molar-refractivity contribution in [3.05, 3.63) is 94.2 Å². The largest absolute Gasteiger partial charge is 0.452 e. The number of carbonyl (C=O) groups excluding carboxylic acids is 2. The minimum Gasteiger partial charge on any atom is -0.452 e. The van der Waals surface area contributed by atoms with Gasteiger partial charge in [-0.05, 0) is 28.5 Å². The third kappa shape index (κ3) is 4.94. The van der Waals surface area contributed by atoms with Crippen LogP contribution in [0.3, 0.4) is 0 Å². The lowest BCUT2D eigenvalue weighted by Gasteiger charge is -2.51. The number of hydrogen-bond donors (Lipinski definition) is 0. The zero-order chi connectivity index (χ0) is 22.0. The van der Waals surface area contributed by atoms with Gasteiger partial charge < -0.3 is 9.22 Å². The Bertz CT molecular complexity index is 1020. The fraction of sp³-hybridized carbons (Fsp3) is 0.357. The van der Waals surface area contributed by atoms with Gasteiger partial charge in [0.05, 0.1) is 24.5 Å². The zero-order valence-electron chi connectivity index (χ0n) is 18.1. The molecule has 3 saturated heterocycles. The monoisotopic (exact) mass is 462 g/mol. The first-order valence-corrected chi connectivity index (χ1v) is 12.2. The highest BCUT2D eigenvalue weighted by molar-refractivity contribution is 7.12. The van der Waals surface area contributed by atoms with E-state index in [2.05, 4.69) is 0 Å². The number of quaternary nitrogens is 1. The van der Waals surface area contributed by atoms with E-state index in [9.17, 15) is 9.59 Å². The van der Waals surface area contributed by atoms with Crippen LogP contribution in [0.1, 0.15) is 47.2 Å². The van der Waals surface area contributed by atoms with Gasteiger partial charge in [0.2, 0.25) is 5.78 Å². The predicted octanol–water partition coefficient (Wildman–Crippen LogP) is 5.76. The maximum atomic E-state index is 13.5.